The van der Waals surface area contributed by atoms with Gasteiger partial charge in [-0.15, -0.1) is 0 Å². The van der Waals surface area contributed by atoms with E-state index in [9.17, 15) is 22.8 Å². The fourth-order valence-corrected chi connectivity index (χ4v) is 3.76. The lowest BCUT2D eigenvalue weighted by Gasteiger charge is -2.32. The lowest BCUT2D eigenvalue weighted by Crippen LogP contribution is -2.42. The van der Waals surface area contributed by atoms with E-state index in [2.05, 4.69) is 20.4 Å². The molecule has 4 rings (SSSR count). The van der Waals surface area contributed by atoms with Gasteiger partial charge in [0.25, 0.3) is 11.8 Å². The van der Waals surface area contributed by atoms with E-state index in [-0.39, 0.29) is 29.8 Å². The fourth-order valence-electron chi connectivity index (χ4n) is 3.48. The lowest BCUT2D eigenvalue weighted by atomic mass is 10.1. The third-order valence-corrected chi connectivity index (χ3v) is 5.30. The van der Waals surface area contributed by atoms with Gasteiger partial charge < -0.3 is 15.2 Å². The van der Waals surface area contributed by atoms with E-state index < -0.39 is 28.6 Å². The zero-order chi connectivity index (χ0) is 22.5. The molecule has 1 atom stereocenters. The molecule has 1 aliphatic rings. The van der Waals surface area contributed by atoms with Crippen molar-refractivity contribution in [2.75, 3.05) is 18.5 Å². The van der Waals surface area contributed by atoms with Crippen LogP contribution in [0.1, 0.15) is 39.6 Å². The van der Waals surface area contributed by atoms with Crippen molar-refractivity contribution in [3.63, 3.8) is 0 Å². The smallest absolute Gasteiger partial charge is 0.352 e. The highest BCUT2D eigenvalue weighted by molar-refractivity contribution is 6.31. The number of nitrogens with one attached hydrogen (secondary N) is 2. The molecule has 162 valence electrons. The Balaban J connectivity index is 1.74. The van der Waals surface area contributed by atoms with Crippen molar-refractivity contribution in [2.24, 2.45) is 0 Å². The molecule has 3 heterocycles. The second-order valence-corrected chi connectivity index (χ2v) is 7.41. The van der Waals surface area contributed by atoms with Gasteiger partial charge in [0.2, 0.25) is 0 Å². The number of hydrogen-bond donors (Lipinski definition) is 2. The van der Waals surface area contributed by atoms with Gasteiger partial charge in [-0.25, -0.2) is 4.98 Å². The van der Waals surface area contributed by atoms with Crippen LogP contribution in [-0.4, -0.2) is 45.2 Å². The van der Waals surface area contributed by atoms with Crippen LogP contribution in [-0.2, 0) is 6.18 Å². The maximum atomic E-state index is 13.3. The standard InChI is InChI=1S/C19H16ClF3N6O2/c1-9-8-28(10-3-4-12(13(20)5-10)19(21,22)23)18(31)15-11(6-26-29(9)15)14-7-25-16(27-14)17(30)24-2/h3-7,9H,8H2,1-2H3,(H,24,30)(H,25,27)/t9-/m0/s1. The summed E-state index contributed by atoms with van der Waals surface area (Å²) in [6.07, 6.45) is -1.70. The number of carbonyl (C=O) groups excluding carboxylic acids is 2. The van der Waals surface area contributed by atoms with Crippen molar-refractivity contribution < 1.29 is 22.8 Å². The molecule has 0 saturated heterocycles. The van der Waals surface area contributed by atoms with Crippen LogP contribution in [0.25, 0.3) is 11.3 Å². The van der Waals surface area contributed by atoms with Crippen LogP contribution in [0.4, 0.5) is 18.9 Å². The maximum Gasteiger partial charge on any atom is 0.417 e. The Bertz CT molecular complexity index is 1190. The number of nitrogens with zero attached hydrogens (tertiary/aromatic N) is 4. The second kappa shape index (κ2) is 7.41. The molecule has 0 radical (unpaired) electrons. The molecule has 3 aromatic rings. The quantitative estimate of drug-likeness (QED) is 0.635. The number of rotatable bonds is 3. The van der Waals surface area contributed by atoms with Gasteiger partial charge >= 0.3 is 6.18 Å². The number of imidazole rings is 1. The number of H-pyrrole nitrogens is 1. The molecule has 0 fully saturated rings. The van der Waals surface area contributed by atoms with Gasteiger partial charge in [-0.1, -0.05) is 11.6 Å². The number of anilines is 1. The molecular weight excluding hydrogens is 437 g/mol. The van der Waals surface area contributed by atoms with E-state index in [1.54, 1.807) is 4.68 Å². The Labute approximate surface area is 179 Å². The summed E-state index contributed by atoms with van der Waals surface area (Å²) in [6.45, 7) is 2.02. The van der Waals surface area contributed by atoms with Crippen LogP contribution in [0.3, 0.4) is 0 Å². The Morgan fingerprint density at radius 3 is 2.71 bits per heavy atom. The average molecular weight is 453 g/mol. The monoisotopic (exact) mass is 452 g/mol. The van der Waals surface area contributed by atoms with Crippen molar-refractivity contribution in [1.82, 2.24) is 25.1 Å². The number of aromatic nitrogens is 4. The minimum absolute atomic E-state index is 0.0696. The largest absolute Gasteiger partial charge is 0.417 e. The number of hydrogen-bond acceptors (Lipinski definition) is 4. The zero-order valence-electron chi connectivity index (χ0n) is 16.3. The number of fused-ring (bicyclic) bond motifs is 1. The number of halogens is 4. The van der Waals surface area contributed by atoms with Gasteiger partial charge in [0, 0.05) is 19.3 Å². The minimum Gasteiger partial charge on any atom is -0.352 e. The highest BCUT2D eigenvalue weighted by atomic mass is 35.5. The van der Waals surface area contributed by atoms with Crippen molar-refractivity contribution in [3.8, 4) is 11.3 Å². The fraction of sp³-hybridized carbons (Fsp3) is 0.263. The zero-order valence-corrected chi connectivity index (χ0v) is 17.0. The molecule has 1 aliphatic heterocycles. The molecule has 0 spiro atoms. The minimum atomic E-state index is -4.59. The van der Waals surface area contributed by atoms with E-state index in [1.807, 2.05) is 6.92 Å². The summed E-state index contributed by atoms with van der Waals surface area (Å²) in [4.78, 5) is 33.3. The van der Waals surface area contributed by atoms with Gasteiger partial charge in [0.05, 0.1) is 40.3 Å². The van der Waals surface area contributed by atoms with Crippen LogP contribution < -0.4 is 10.2 Å². The van der Waals surface area contributed by atoms with Crippen LogP contribution >= 0.6 is 11.6 Å². The maximum absolute atomic E-state index is 13.3. The van der Waals surface area contributed by atoms with Crippen LogP contribution in [0.15, 0.2) is 30.6 Å². The molecular formula is C19H16ClF3N6O2. The van der Waals surface area contributed by atoms with E-state index in [4.69, 9.17) is 11.6 Å². The average Bonchev–Trinajstić information content (AvgIpc) is 3.36. The molecule has 31 heavy (non-hydrogen) atoms. The van der Waals surface area contributed by atoms with Crippen molar-refractivity contribution >= 4 is 29.1 Å². The van der Waals surface area contributed by atoms with Gasteiger partial charge in [-0.05, 0) is 25.1 Å². The first-order valence-corrected chi connectivity index (χ1v) is 9.53. The first-order valence-electron chi connectivity index (χ1n) is 9.15. The number of aromatic amines is 1. The first kappa shape index (κ1) is 20.9. The summed E-state index contributed by atoms with van der Waals surface area (Å²) in [7, 11) is 1.46. The summed E-state index contributed by atoms with van der Waals surface area (Å²) in [6, 6.07) is 2.93. The first-order chi connectivity index (χ1) is 14.6. The van der Waals surface area contributed by atoms with E-state index in [0.29, 0.717) is 11.3 Å². The SMILES string of the molecule is CNC(=O)c1ncc(-c2cnn3c2C(=O)N(c2ccc(C(F)(F)F)c(Cl)c2)C[C@@H]3C)[nH]1. The van der Waals surface area contributed by atoms with Crippen molar-refractivity contribution in [3.05, 3.63) is 52.7 Å². The van der Waals surface area contributed by atoms with Gasteiger partial charge in [-0.3, -0.25) is 14.3 Å². The summed E-state index contributed by atoms with van der Waals surface area (Å²) in [5.74, 6) is -0.814. The van der Waals surface area contributed by atoms with E-state index in [1.165, 1.54) is 30.4 Å². The van der Waals surface area contributed by atoms with Crippen LogP contribution in [0, 0.1) is 0 Å². The third-order valence-electron chi connectivity index (χ3n) is 4.99. The number of benzene rings is 1. The number of carbonyl (C=O) groups is 2. The normalized spacial score (nSPS) is 16.4. The molecule has 0 aliphatic carbocycles. The van der Waals surface area contributed by atoms with Crippen molar-refractivity contribution in [1.29, 1.82) is 0 Å². The molecule has 8 nitrogen and oxygen atoms in total. The highest BCUT2D eigenvalue weighted by Crippen LogP contribution is 2.38. The molecule has 1 aromatic carbocycles. The Morgan fingerprint density at radius 2 is 2.06 bits per heavy atom. The second-order valence-electron chi connectivity index (χ2n) is 7.00. The van der Waals surface area contributed by atoms with E-state index in [0.717, 1.165) is 12.1 Å². The van der Waals surface area contributed by atoms with Crippen molar-refractivity contribution in [2.45, 2.75) is 19.1 Å². The third kappa shape index (κ3) is 3.54. The predicted octanol–water partition coefficient (Wildman–Crippen LogP) is 3.53. The highest BCUT2D eigenvalue weighted by Gasteiger charge is 2.36. The molecule has 2 N–H and O–H groups in total. The topological polar surface area (TPSA) is 95.9 Å². The summed E-state index contributed by atoms with van der Waals surface area (Å²) >= 11 is 5.84. The van der Waals surface area contributed by atoms with Gasteiger partial charge in [-0.2, -0.15) is 18.3 Å². The predicted molar refractivity (Wildman–Crippen MR) is 106 cm³/mol. The summed E-state index contributed by atoms with van der Waals surface area (Å²) < 4.78 is 40.6. The van der Waals surface area contributed by atoms with Gasteiger partial charge in [0.1, 0.15) is 5.69 Å². The summed E-state index contributed by atoms with van der Waals surface area (Å²) in [5.41, 5.74) is 0.320. The molecule has 2 aromatic heterocycles. The summed E-state index contributed by atoms with van der Waals surface area (Å²) in [5, 5.41) is 6.23. The Hall–Kier alpha value is -3.34. The van der Waals surface area contributed by atoms with Crippen LogP contribution in [0.2, 0.25) is 5.02 Å². The molecule has 0 bridgehead atoms. The number of alkyl halides is 3. The van der Waals surface area contributed by atoms with E-state index >= 15 is 0 Å². The molecule has 0 saturated carbocycles. The van der Waals surface area contributed by atoms with Crippen LogP contribution in [0.5, 0.6) is 0 Å². The Morgan fingerprint density at radius 1 is 1.32 bits per heavy atom. The number of amides is 2. The molecule has 2 amide bonds. The molecule has 0 unspecified atom stereocenters. The lowest BCUT2D eigenvalue weighted by molar-refractivity contribution is -0.137. The van der Waals surface area contributed by atoms with Gasteiger partial charge in [0.15, 0.2) is 5.82 Å². The molecule has 12 heteroatoms. The Kier molecular flexibility index (Phi) is 5.00.